The van der Waals surface area contributed by atoms with Gasteiger partial charge in [-0.2, -0.15) is 0 Å². The van der Waals surface area contributed by atoms with Crippen LogP contribution in [0.4, 0.5) is 0 Å². The molecular formula is C55H82N12O6. The molecule has 398 valence electrons. The SMILES string of the molecule is CC(C)(C)OC(=O)CCN1CCN(CC(=O)NCCN(CCc2ccccn2)Cc2ccccn2)CCN(CC(=O)OC(C)(C)C)CCN(CC(=O)NCCN(CCc2ccccn2)Cc2ccccn2)CC1. The highest BCUT2D eigenvalue weighted by Crippen LogP contribution is 2.12. The van der Waals surface area contributed by atoms with Crippen molar-refractivity contribution >= 4 is 23.8 Å². The van der Waals surface area contributed by atoms with Crippen LogP contribution in [0.25, 0.3) is 0 Å². The van der Waals surface area contributed by atoms with E-state index < -0.39 is 11.2 Å². The molecule has 1 aliphatic heterocycles. The molecule has 0 radical (unpaired) electrons. The maximum absolute atomic E-state index is 13.8. The van der Waals surface area contributed by atoms with Gasteiger partial charge in [0.05, 0.1) is 37.4 Å². The fourth-order valence-corrected chi connectivity index (χ4v) is 8.32. The van der Waals surface area contributed by atoms with Gasteiger partial charge in [0.1, 0.15) is 11.2 Å². The molecule has 2 N–H and O–H groups in total. The van der Waals surface area contributed by atoms with E-state index in [1.54, 1.807) is 24.8 Å². The van der Waals surface area contributed by atoms with Crippen LogP contribution in [0.2, 0.25) is 0 Å². The molecule has 5 heterocycles. The highest BCUT2D eigenvalue weighted by molar-refractivity contribution is 5.78. The summed E-state index contributed by atoms with van der Waals surface area (Å²) in [6.07, 6.45) is 8.94. The molecule has 18 heteroatoms. The third kappa shape index (κ3) is 25.6. The van der Waals surface area contributed by atoms with Crippen molar-refractivity contribution < 1.29 is 28.7 Å². The first-order chi connectivity index (χ1) is 35.0. The molecule has 0 spiro atoms. The third-order valence-electron chi connectivity index (χ3n) is 12.0. The van der Waals surface area contributed by atoms with Crippen molar-refractivity contribution in [3.05, 3.63) is 120 Å². The molecule has 1 fully saturated rings. The number of aromatic nitrogens is 4. The van der Waals surface area contributed by atoms with Crippen molar-refractivity contribution in [1.29, 1.82) is 0 Å². The highest BCUT2D eigenvalue weighted by Gasteiger charge is 2.24. The fraction of sp³-hybridized carbons (Fsp3) is 0.564. The number of esters is 2. The number of amides is 2. The molecule has 4 aromatic rings. The summed E-state index contributed by atoms with van der Waals surface area (Å²) in [5, 5.41) is 6.34. The Morgan fingerprint density at radius 3 is 1.21 bits per heavy atom. The van der Waals surface area contributed by atoms with E-state index in [1.165, 1.54) is 0 Å². The number of nitrogens with zero attached hydrogens (tertiary/aromatic N) is 10. The van der Waals surface area contributed by atoms with Crippen molar-refractivity contribution in [2.45, 2.75) is 85.1 Å². The summed E-state index contributed by atoms with van der Waals surface area (Å²) < 4.78 is 11.5. The zero-order valence-corrected chi connectivity index (χ0v) is 44.4. The average Bonchev–Trinajstić information content (AvgIpc) is 3.34. The fourth-order valence-electron chi connectivity index (χ4n) is 8.32. The molecule has 0 bridgehead atoms. The van der Waals surface area contributed by atoms with Crippen molar-refractivity contribution in [1.82, 2.24) is 60.0 Å². The van der Waals surface area contributed by atoms with Crippen LogP contribution in [0, 0.1) is 0 Å². The molecule has 0 saturated carbocycles. The summed E-state index contributed by atoms with van der Waals surface area (Å²) in [6.45, 7) is 21.1. The summed E-state index contributed by atoms with van der Waals surface area (Å²) in [5.41, 5.74) is 2.66. The Kier molecular flexibility index (Phi) is 24.8. The van der Waals surface area contributed by atoms with Gasteiger partial charge >= 0.3 is 11.9 Å². The number of ether oxygens (including phenoxy) is 2. The van der Waals surface area contributed by atoms with Crippen LogP contribution in [-0.2, 0) is 54.6 Å². The Morgan fingerprint density at radius 2 is 0.836 bits per heavy atom. The predicted molar refractivity (Wildman–Crippen MR) is 283 cm³/mol. The number of pyridine rings is 4. The van der Waals surface area contributed by atoms with E-state index in [0.717, 1.165) is 48.7 Å². The average molecular weight is 1010 g/mol. The standard InChI is InChI=1S/C55H82N12O6/c1-54(2,3)72-52(70)21-30-62-33-35-65(43-50(68)60-26-31-63(41-48-17-9-13-24-58-48)28-19-46-15-7-11-22-56-46)37-39-67(45-53(71)73-55(4,5)6)40-38-66(36-34-62)44-51(69)61-27-32-64(42-49-18-10-14-25-59-49)29-20-47-16-8-12-23-57-47/h7-18,22-25H,19-21,26-45H2,1-6H3,(H,60,68)(H,61,69). The predicted octanol–water partition coefficient (Wildman–Crippen LogP) is 3.58. The van der Waals surface area contributed by atoms with Gasteiger partial charge in [0.25, 0.3) is 0 Å². The van der Waals surface area contributed by atoms with Crippen LogP contribution in [-0.4, -0.2) is 202 Å². The Morgan fingerprint density at radius 1 is 0.479 bits per heavy atom. The lowest BCUT2D eigenvalue weighted by molar-refractivity contribution is -0.157. The maximum Gasteiger partial charge on any atom is 0.320 e. The quantitative estimate of drug-likeness (QED) is 0.0919. The van der Waals surface area contributed by atoms with E-state index >= 15 is 0 Å². The van der Waals surface area contributed by atoms with E-state index in [4.69, 9.17) is 9.47 Å². The Hall–Kier alpha value is -5.76. The Labute approximate surface area is 434 Å². The number of hydrogen-bond donors (Lipinski definition) is 2. The summed E-state index contributed by atoms with van der Waals surface area (Å²) in [6, 6.07) is 23.6. The van der Waals surface area contributed by atoms with Crippen LogP contribution >= 0.6 is 0 Å². The molecule has 18 nitrogen and oxygen atoms in total. The van der Waals surface area contributed by atoms with Gasteiger partial charge in [-0.3, -0.25) is 63.6 Å². The van der Waals surface area contributed by atoms with E-state index in [9.17, 15) is 19.2 Å². The molecule has 5 rings (SSSR count). The molecular weight excluding hydrogens is 925 g/mol. The molecule has 0 aliphatic carbocycles. The zero-order chi connectivity index (χ0) is 52.3. The molecule has 0 unspecified atom stereocenters. The van der Waals surface area contributed by atoms with Gasteiger partial charge in [-0.25, -0.2) is 0 Å². The summed E-state index contributed by atoms with van der Waals surface area (Å²) in [4.78, 5) is 85.0. The van der Waals surface area contributed by atoms with Crippen molar-refractivity contribution in [3.8, 4) is 0 Å². The van der Waals surface area contributed by atoms with E-state index in [-0.39, 0.29) is 49.8 Å². The van der Waals surface area contributed by atoms with Crippen LogP contribution in [0.5, 0.6) is 0 Å². The number of rotatable bonds is 25. The van der Waals surface area contributed by atoms with E-state index in [0.29, 0.717) is 98.2 Å². The summed E-state index contributed by atoms with van der Waals surface area (Å²) in [5.74, 6) is -0.811. The minimum atomic E-state index is -0.655. The van der Waals surface area contributed by atoms with Crippen LogP contribution < -0.4 is 10.6 Å². The monoisotopic (exact) mass is 1010 g/mol. The lowest BCUT2D eigenvalue weighted by Gasteiger charge is -2.34. The minimum absolute atomic E-state index is 0.0641. The van der Waals surface area contributed by atoms with Gasteiger partial charge in [0.2, 0.25) is 11.8 Å². The lowest BCUT2D eigenvalue weighted by atomic mass is 10.2. The molecule has 2 amide bonds. The summed E-state index contributed by atoms with van der Waals surface area (Å²) in [7, 11) is 0. The van der Waals surface area contributed by atoms with Gasteiger partial charge in [-0.15, -0.1) is 0 Å². The van der Waals surface area contributed by atoms with Crippen molar-refractivity contribution in [2.24, 2.45) is 0 Å². The van der Waals surface area contributed by atoms with Crippen LogP contribution in [0.1, 0.15) is 70.7 Å². The first-order valence-corrected chi connectivity index (χ1v) is 25.9. The second-order valence-electron chi connectivity index (χ2n) is 20.6. The Bertz CT molecular complexity index is 2070. The largest absolute Gasteiger partial charge is 0.460 e. The van der Waals surface area contributed by atoms with E-state index in [2.05, 4.69) is 60.0 Å². The molecule has 0 atom stereocenters. The maximum atomic E-state index is 13.8. The van der Waals surface area contributed by atoms with Gasteiger partial charge in [0, 0.05) is 160 Å². The number of nitrogens with one attached hydrogen (secondary N) is 2. The number of hydrogen-bond acceptors (Lipinski definition) is 16. The molecule has 4 aromatic heterocycles. The van der Waals surface area contributed by atoms with Gasteiger partial charge in [-0.05, 0) is 90.1 Å². The Balaban J connectivity index is 1.24. The topological polar surface area (TPSA) is 182 Å². The summed E-state index contributed by atoms with van der Waals surface area (Å²) >= 11 is 0. The molecule has 0 aromatic carbocycles. The van der Waals surface area contributed by atoms with Gasteiger partial charge < -0.3 is 25.0 Å². The van der Waals surface area contributed by atoms with Gasteiger partial charge in [-0.1, -0.05) is 24.3 Å². The third-order valence-corrected chi connectivity index (χ3v) is 12.0. The smallest absolute Gasteiger partial charge is 0.320 e. The minimum Gasteiger partial charge on any atom is -0.460 e. The molecule has 1 aliphatic rings. The second kappa shape index (κ2) is 31.1. The van der Waals surface area contributed by atoms with Crippen molar-refractivity contribution in [2.75, 3.05) is 118 Å². The van der Waals surface area contributed by atoms with Crippen LogP contribution in [0.3, 0.4) is 0 Å². The number of carbonyl (C=O) groups excluding carboxylic acids is 4. The lowest BCUT2D eigenvalue weighted by Crippen LogP contribution is -2.50. The number of carbonyl (C=O) groups is 4. The van der Waals surface area contributed by atoms with Crippen LogP contribution in [0.15, 0.2) is 97.6 Å². The van der Waals surface area contributed by atoms with Gasteiger partial charge in [0.15, 0.2) is 0 Å². The second-order valence-corrected chi connectivity index (χ2v) is 20.6. The normalized spacial score (nSPS) is 15.1. The zero-order valence-electron chi connectivity index (χ0n) is 44.4. The highest BCUT2D eigenvalue weighted by atomic mass is 16.6. The van der Waals surface area contributed by atoms with Crippen molar-refractivity contribution in [3.63, 3.8) is 0 Å². The first-order valence-electron chi connectivity index (χ1n) is 25.9. The van der Waals surface area contributed by atoms with E-state index in [1.807, 2.05) is 114 Å². The molecule has 73 heavy (non-hydrogen) atoms. The molecule has 1 saturated heterocycles. The first kappa shape index (κ1) is 58.1.